The van der Waals surface area contributed by atoms with Crippen LogP contribution in [0.3, 0.4) is 0 Å². The average molecular weight is 360 g/mol. The Balaban J connectivity index is 0.000000730. The minimum atomic E-state index is -3.45. The predicted octanol–water partition coefficient (Wildman–Crippen LogP) is 3.99. The second-order valence-electron chi connectivity index (χ2n) is 4.52. The second-order valence-corrected chi connectivity index (χ2v) is 6.43. The summed E-state index contributed by atoms with van der Waals surface area (Å²) in [7, 11) is -3.45. The van der Waals surface area contributed by atoms with Gasteiger partial charge < -0.3 is 0 Å². The molecule has 0 spiro atoms. The fraction of sp³-hybridized carbons (Fsp3) is 0.278. The molecule has 1 N–H and O–H groups in total. The van der Waals surface area contributed by atoms with Gasteiger partial charge in [-0.15, -0.1) is 0 Å². The minimum absolute atomic E-state index is 0.200. The van der Waals surface area contributed by atoms with Crippen LogP contribution in [0.2, 0.25) is 0 Å². The number of rotatable bonds is 3. The van der Waals surface area contributed by atoms with Gasteiger partial charge in [0.15, 0.2) is 0 Å². The van der Waals surface area contributed by atoms with Crippen molar-refractivity contribution in [2.45, 2.75) is 32.9 Å². The Labute approximate surface area is 149 Å². The third-order valence-corrected chi connectivity index (χ3v) is 3.81. The number of nitrogens with one attached hydrogen (secondary N) is 1. The van der Waals surface area contributed by atoms with Crippen LogP contribution < -0.4 is 0 Å². The van der Waals surface area contributed by atoms with E-state index in [0.717, 1.165) is 17.4 Å². The first-order valence-corrected chi connectivity index (χ1v) is 10.1. The van der Waals surface area contributed by atoms with Crippen LogP contribution in [0.1, 0.15) is 27.7 Å². The van der Waals surface area contributed by atoms with Crippen LogP contribution in [-0.4, -0.2) is 34.8 Å². The highest BCUT2D eigenvalue weighted by Gasteiger charge is 2.15. The molecule has 0 bridgehead atoms. The molecule has 0 unspecified atom stereocenters. The van der Waals surface area contributed by atoms with Crippen molar-refractivity contribution in [1.82, 2.24) is 20.2 Å². The van der Waals surface area contributed by atoms with E-state index in [1.54, 1.807) is 12.3 Å². The van der Waals surface area contributed by atoms with Crippen molar-refractivity contribution in [2.24, 2.45) is 0 Å². The molecule has 3 rings (SSSR count). The maximum atomic E-state index is 11.6. The Morgan fingerprint density at radius 1 is 0.960 bits per heavy atom. The van der Waals surface area contributed by atoms with Gasteiger partial charge in [0.1, 0.15) is 0 Å². The summed E-state index contributed by atoms with van der Waals surface area (Å²) in [6.07, 6.45) is 4.19. The first-order chi connectivity index (χ1) is 12.1. The van der Waals surface area contributed by atoms with Gasteiger partial charge in [-0.05, 0) is 11.6 Å². The zero-order valence-corrected chi connectivity index (χ0v) is 16.0. The van der Waals surface area contributed by atoms with E-state index in [1.165, 1.54) is 6.20 Å². The molecule has 6 nitrogen and oxygen atoms in total. The molecule has 0 fully saturated rings. The highest BCUT2D eigenvalue weighted by Crippen LogP contribution is 2.28. The van der Waals surface area contributed by atoms with Gasteiger partial charge in [-0.2, -0.15) is 5.10 Å². The molecule has 2 aromatic heterocycles. The Morgan fingerprint density at radius 3 is 2.20 bits per heavy atom. The van der Waals surface area contributed by atoms with Gasteiger partial charge in [-0.3, -0.25) is 5.10 Å². The van der Waals surface area contributed by atoms with E-state index in [2.05, 4.69) is 20.2 Å². The molecule has 7 heteroatoms. The number of hydrogen-bond donors (Lipinski definition) is 1. The first kappa shape index (κ1) is 20.5. The molecule has 1 aromatic carbocycles. The number of hydrogen-bond acceptors (Lipinski definition) is 5. The lowest BCUT2D eigenvalue weighted by Gasteiger charge is -2.04. The SMILES string of the molecule is CC.CC.CS(=O)(=O)c1nccc(-c2[nH]ncc2-c2ccccc2)n1. The highest BCUT2D eigenvalue weighted by atomic mass is 32.2. The van der Waals surface area contributed by atoms with Crippen molar-refractivity contribution in [2.75, 3.05) is 6.26 Å². The number of nitrogens with zero attached hydrogens (tertiary/aromatic N) is 3. The second kappa shape index (κ2) is 9.68. The van der Waals surface area contributed by atoms with Crippen LogP contribution in [0.5, 0.6) is 0 Å². The van der Waals surface area contributed by atoms with Crippen LogP contribution in [0.15, 0.2) is 53.9 Å². The summed E-state index contributed by atoms with van der Waals surface area (Å²) in [6, 6.07) is 11.3. The number of aromatic amines is 1. The van der Waals surface area contributed by atoms with E-state index >= 15 is 0 Å². The zero-order valence-electron chi connectivity index (χ0n) is 15.2. The van der Waals surface area contributed by atoms with Gasteiger partial charge in [0.05, 0.1) is 17.6 Å². The molecular weight excluding hydrogens is 336 g/mol. The van der Waals surface area contributed by atoms with E-state index in [0.29, 0.717) is 11.4 Å². The maximum Gasteiger partial charge on any atom is 0.247 e. The Hall–Kier alpha value is -2.54. The lowest BCUT2D eigenvalue weighted by molar-refractivity contribution is 0.593. The Morgan fingerprint density at radius 2 is 1.60 bits per heavy atom. The molecule has 3 aromatic rings. The first-order valence-electron chi connectivity index (χ1n) is 8.18. The number of sulfone groups is 1. The normalized spacial score (nSPS) is 10.1. The fourth-order valence-corrected chi connectivity index (χ4v) is 2.49. The minimum Gasteiger partial charge on any atom is -0.276 e. The fourth-order valence-electron chi connectivity index (χ4n) is 1.98. The van der Waals surface area contributed by atoms with Crippen molar-refractivity contribution >= 4 is 9.84 Å². The summed E-state index contributed by atoms with van der Waals surface area (Å²) in [5, 5.41) is 6.70. The average Bonchev–Trinajstić information content (AvgIpc) is 3.15. The summed E-state index contributed by atoms with van der Waals surface area (Å²) in [5.74, 6) is 0. The van der Waals surface area contributed by atoms with Crippen LogP contribution in [0, 0.1) is 0 Å². The lowest BCUT2D eigenvalue weighted by Crippen LogP contribution is -2.04. The van der Waals surface area contributed by atoms with Gasteiger partial charge >= 0.3 is 0 Å². The van der Waals surface area contributed by atoms with E-state index < -0.39 is 9.84 Å². The zero-order chi connectivity index (χ0) is 18.9. The molecule has 0 saturated heterocycles. The Kier molecular flexibility index (Phi) is 7.94. The van der Waals surface area contributed by atoms with Crippen molar-refractivity contribution in [3.05, 3.63) is 48.8 Å². The highest BCUT2D eigenvalue weighted by molar-refractivity contribution is 7.90. The van der Waals surface area contributed by atoms with E-state index in [-0.39, 0.29) is 5.16 Å². The van der Waals surface area contributed by atoms with Gasteiger partial charge in [-0.25, -0.2) is 18.4 Å². The van der Waals surface area contributed by atoms with Crippen LogP contribution in [0.4, 0.5) is 0 Å². The van der Waals surface area contributed by atoms with Crippen molar-refractivity contribution < 1.29 is 8.42 Å². The quantitative estimate of drug-likeness (QED) is 0.713. The van der Waals surface area contributed by atoms with Crippen molar-refractivity contribution in [3.8, 4) is 22.5 Å². The monoisotopic (exact) mass is 360 g/mol. The summed E-state index contributed by atoms with van der Waals surface area (Å²) in [6.45, 7) is 8.00. The molecule has 0 aliphatic rings. The molecule has 2 heterocycles. The third-order valence-electron chi connectivity index (χ3n) is 2.95. The molecule has 0 radical (unpaired) electrons. The van der Waals surface area contributed by atoms with E-state index in [4.69, 9.17) is 0 Å². The molecular formula is C18H24N4O2S. The van der Waals surface area contributed by atoms with Crippen molar-refractivity contribution in [3.63, 3.8) is 0 Å². The topological polar surface area (TPSA) is 88.6 Å². The van der Waals surface area contributed by atoms with E-state index in [1.807, 2.05) is 58.0 Å². The molecule has 0 saturated carbocycles. The molecule has 134 valence electrons. The molecule has 0 aliphatic carbocycles. The van der Waals surface area contributed by atoms with E-state index in [9.17, 15) is 8.42 Å². The molecule has 0 atom stereocenters. The summed E-state index contributed by atoms with van der Waals surface area (Å²) < 4.78 is 23.1. The van der Waals surface area contributed by atoms with Gasteiger partial charge in [0.25, 0.3) is 0 Å². The largest absolute Gasteiger partial charge is 0.276 e. The molecule has 0 aliphatic heterocycles. The summed E-state index contributed by atoms with van der Waals surface area (Å²) >= 11 is 0. The molecule has 25 heavy (non-hydrogen) atoms. The summed E-state index contributed by atoms with van der Waals surface area (Å²) in [5.41, 5.74) is 2.98. The number of H-pyrrole nitrogens is 1. The van der Waals surface area contributed by atoms with Crippen LogP contribution in [0.25, 0.3) is 22.5 Å². The van der Waals surface area contributed by atoms with Gasteiger partial charge in [0.2, 0.25) is 15.0 Å². The summed E-state index contributed by atoms with van der Waals surface area (Å²) in [4.78, 5) is 7.89. The lowest BCUT2D eigenvalue weighted by atomic mass is 10.1. The smallest absolute Gasteiger partial charge is 0.247 e. The number of benzene rings is 1. The number of aromatic nitrogens is 4. The van der Waals surface area contributed by atoms with Crippen LogP contribution >= 0.6 is 0 Å². The van der Waals surface area contributed by atoms with Crippen molar-refractivity contribution in [1.29, 1.82) is 0 Å². The third kappa shape index (κ3) is 5.22. The Bertz CT molecular complexity index is 875. The van der Waals surface area contributed by atoms with Gasteiger partial charge in [0, 0.05) is 18.0 Å². The predicted molar refractivity (Wildman–Crippen MR) is 101 cm³/mol. The standard InChI is InChI=1S/C14H12N4O2S.2C2H6/c1-21(19,20)14-15-8-7-12(17-14)13-11(9-16-18-13)10-5-3-2-4-6-10;2*1-2/h2-9H,1H3,(H,16,18);2*1-2H3. The van der Waals surface area contributed by atoms with Gasteiger partial charge in [-0.1, -0.05) is 58.0 Å². The maximum absolute atomic E-state index is 11.6. The molecule has 0 amide bonds. The van der Waals surface area contributed by atoms with Crippen LogP contribution in [-0.2, 0) is 9.84 Å².